The molecule has 1 aromatic carbocycles. The van der Waals surface area contributed by atoms with E-state index < -0.39 is 10.0 Å². The van der Waals surface area contributed by atoms with E-state index in [1.807, 2.05) is 11.0 Å². The van der Waals surface area contributed by atoms with Gasteiger partial charge in [-0.25, -0.2) is 13.4 Å². The van der Waals surface area contributed by atoms with Crippen LogP contribution in [0.5, 0.6) is 0 Å². The summed E-state index contributed by atoms with van der Waals surface area (Å²) in [6.07, 6.45) is 1.63. The number of rotatable bonds is 3. The number of pyridine rings is 1. The SMILES string of the molecule is N#Cc1ccccc1S(=O)(=O)N1CCN(c2[nH+]cc(Cl)cc2Cl)CC1. The molecular formula is C16H15Cl2N4O2S+. The van der Waals surface area contributed by atoms with Crippen LogP contribution in [-0.4, -0.2) is 38.9 Å². The first-order valence-corrected chi connectivity index (χ1v) is 9.74. The van der Waals surface area contributed by atoms with E-state index in [4.69, 9.17) is 28.5 Å². The van der Waals surface area contributed by atoms with Crippen molar-refractivity contribution in [1.29, 1.82) is 5.26 Å². The average Bonchev–Trinajstić information content (AvgIpc) is 2.62. The summed E-state index contributed by atoms with van der Waals surface area (Å²) in [4.78, 5) is 5.05. The highest BCUT2D eigenvalue weighted by molar-refractivity contribution is 7.89. The maximum absolute atomic E-state index is 12.8. The van der Waals surface area contributed by atoms with Crippen LogP contribution in [0.25, 0.3) is 0 Å². The van der Waals surface area contributed by atoms with E-state index in [9.17, 15) is 8.42 Å². The molecule has 1 aliphatic heterocycles. The number of nitriles is 1. The summed E-state index contributed by atoms with van der Waals surface area (Å²) in [6.45, 7) is 1.56. The van der Waals surface area contributed by atoms with Gasteiger partial charge in [0, 0.05) is 0 Å². The molecule has 2 aromatic rings. The number of nitrogens with zero attached hydrogens (tertiary/aromatic N) is 3. The van der Waals surface area contributed by atoms with Crippen LogP contribution in [0.4, 0.5) is 5.82 Å². The number of sulfonamides is 1. The maximum atomic E-state index is 12.8. The van der Waals surface area contributed by atoms with E-state index in [0.717, 1.165) is 0 Å². The molecule has 1 aliphatic rings. The van der Waals surface area contributed by atoms with Crippen LogP contribution in [0, 0.1) is 11.3 Å². The highest BCUT2D eigenvalue weighted by atomic mass is 35.5. The first-order chi connectivity index (χ1) is 11.9. The summed E-state index contributed by atoms with van der Waals surface area (Å²) in [5.74, 6) is 0.709. The number of piperazine rings is 1. The molecule has 0 spiro atoms. The van der Waals surface area contributed by atoms with Crippen molar-refractivity contribution >= 4 is 39.0 Å². The van der Waals surface area contributed by atoms with Crippen molar-refractivity contribution in [3.8, 4) is 6.07 Å². The van der Waals surface area contributed by atoms with Gasteiger partial charge >= 0.3 is 0 Å². The molecule has 1 fully saturated rings. The fraction of sp³-hybridized carbons (Fsp3) is 0.250. The Morgan fingerprint density at radius 1 is 1.12 bits per heavy atom. The van der Waals surface area contributed by atoms with E-state index in [-0.39, 0.29) is 10.5 Å². The zero-order chi connectivity index (χ0) is 18.0. The summed E-state index contributed by atoms with van der Waals surface area (Å²) in [6, 6.07) is 9.81. The lowest BCUT2D eigenvalue weighted by molar-refractivity contribution is -0.364. The molecule has 0 aliphatic carbocycles. The van der Waals surface area contributed by atoms with Crippen molar-refractivity contribution in [1.82, 2.24) is 4.31 Å². The van der Waals surface area contributed by atoms with E-state index in [1.165, 1.54) is 16.4 Å². The Kier molecular flexibility index (Phi) is 5.16. The van der Waals surface area contributed by atoms with Crippen molar-refractivity contribution in [2.24, 2.45) is 0 Å². The van der Waals surface area contributed by atoms with Crippen molar-refractivity contribution < 1.29 is 13.4 Å². The summed E-state index contributed by atoms with van der Waals surface area (Å²) < 4.78 is 27.0. The van der Waals surface area contributed by atoms with E-state index in [1.54, 1.807) is 24.4 Å². The van der Waals surface area contributed by atoms with Gasteiger partial charge in [0.25, 0.3) is 5.82 Å². The number of H-pyrrole nitrogens is 1. The Morgan fingerprint density at radius 2 is 1.80 bits per heavy atom. The fourth-order valence-electron chi connectivity index (χ4n) is 2.75. The van der Waals surface area contributed by atoms with Crippen molar-refractivity contribution in [3.05, 3.63) is 52.1 Å². The summed E-state index contributed by atoms with van der Waals surface area (Å²) >= 11 is 12.1. The molecule has 1 saturated heterocycles. The second-order valence-corrected chi connectivity index (χ2v) is 8.26. The zero-order valence-electron chi connectivity index (χ0n) is 13.1. The number of anilines is 1. The van der Waals surface area contributed by atoms with Gasteiger partial charge < -0.3 is 0 Å². The first kappa shape index (κ1) is 18.0. The Balaban J connectivity index is 1.79. The minimum Gasteiger partial charge on any atom is -0.258 e. The van der Waals surface area contributed by atoms with Gasteiger partial charge in [-0.15, -0.1) is 0 Å². The summed E-state index contributed by atoms with van der Waals surface area (Å²) in [5, 5.41) is 10.1. The molecule has 0 amide bonds. The predicted molar refractivity (Wildman–Crippen MR) is 95.1 cm³/mol. The van der Waals surface area contributed by atoms with Gasteiger partial charge in [0.15, 0.2) is 0 Å². The van der Waals surface area contributed by atoms with Crippen LogP contribution in [0.2, 0.25) is 10.0 Å². The Bertz CT molecular complexity index is 935. The topological polar surface area (TPSA) is 78.5 Å². The molecule has 0 saturated carbocycles. The molecule has 6 nitrogen and oxygen atoms in total. The molecule has 2 heterocycles. The number of aromatic amines is 1. The number of nitrogens with one attached hydrogen (secondary N) is 1. The monoisotopic (exact) mass is 397 g/mol. The van der Waals surface area contributed by atoms with Crippen molar-refractivity contribution in [3.63, 3.8) is 0 Å². The predicted octanol–water partition coefficient (Wildman–Crippen LogP) is 2.19. The molecule has 130 valence electrons. The summed E-state index contributed by atoms with van der Waals surface area (Å²) in [7, 11) is -3.71. The molecular weight excluding hydrogens is 383 g/mol. The van der Waals surface area contributed by atoms with E-state index in [0.29, 0.717) is 42.0 Å². The smallest absolute Gasteiger partial charge is 0.258 e. The number of hydrogen-bond donors (Lipinski definition) is 0. The third kappa shape index (κ3) is 3.58. The highest BCUT2D eigenvalue weighted by Gasteiger charge is 2.33. The molecule has 0 radical (unpaired) electrons. The van der Waals surface area contributed by atoms with Crippen LogP contribution in [0.3, 0.4) is 0 Å². The number of halogens is 2. The quantitative estimate of drug-likeness (QED) is 0.794. The van der Waals surface area contributed by atoms with E-state index >= 15 is 0 Å². The third-order valence-electron chi connectivity index (χ3n) is 4.02. The fourth-order valence-corrected chi connectivity index (χ4v) is 4.83. The Hall–Kier alpha value is -1.85. The molecule has 0 bridgehead atoms. The van der Waals surface area contributed by atoms with E-state index in [2.05, 4.69) is 4.98 Å². The van der Waals surface area contributed by atoms with Crippen molar-refractivity contribution in [2.75, 3.05) is 31.1 Å². The van der Waals surface area contributed by atoms with Crippen LogP contribution in [0.1, 0.15) is 5.56 Å². The Labute approximate surface area is 156 Å². The maximum Gasteiger partial charge on any atom is 0.293 e. The minimum absolute atomic E-state index is 0.0436. The van der Waals surface area contributed by atoms with Crippen LogP contribution >= 0.6 is 23.2 Å². The van der Waals surface area contributed by atoms with Crippen LogP contribution < -0.4 is 9.88 Å². The zero-order valence-corrected chi connectivity index (χ0v) is 15.4. The molecule has 25 heavy (non-hydrogen) atoms. The minimum atomic E-state index is -3.71. The molecule has 0 atom stereocenters. The highest BCUT2D eigenvalue weighted by Crippen LogP contribution is 2.26. The van der Waals surface area contributed by atoms with Crippen molar-refractivity contribution in [2.45, 2.75) is 4.90 Å². The van der Waals surface area contributed by atoms with Crippen LogP contribution in [-0.2, 0) is 10.0 Å². The van der Waals surface area contributed by atoms with Gasteiger partial charge in [-0.2, -0.15) is 9.57 Å². The van der Waals surface area contributed by atoms with Gasteiger partial charge in [0.1, 0.15) is 17.3 Å². The lowest BCUT2D eigenvalue weighted by atomic mass is 10.2. The average molecular weight is 398 g/mol. The van der Waals surface area contributed by atoms with Gasteiger partial charge in [0.2, 0.25) is 10.0 Å². The Morgan fingerprint density at radius 3 is 2.44 bits per heavy atom. The largest absolute Gasteiger partial charge is 0.293 e. The molecule has 1 aromatic heterocycles. The van der Waals surface area contributed by atoms with Gasteiger partial charge in [-0.3, -0.25) is 4.90 Å². The lowest BCUT2D eigenvalue weighted by Gasteiger charge is -2.30. The summed E-state index contributed by atoms with van der Waals surface area (Å²) in [5.41, 5.74) is 0.152. The third-order valence-corrected chi connectivity index (χ3v) is 6.48. The van der Waals surface area contributed by atoms with Gasteiger partial charge in [-0.05, 0) is 18.2 Å². The molecule has 0 unspecified atom stereocenters. The molecule has 3 rings (SSSR count). The first-order valence-electron chi connectivity index (χ1n) is 7.54. The van der Waals surface area contributed by atoms with Gasteiger partial charge in [0.05, 0.1) is 41.7 Å². The molecule has 1 N–H and O–H groups in total. The number of hydrogen-bond acceptors (Lipinski definition) is 4. The second kappa shape index (κ2) is 7.18. The number of benzene rings is 1. The normalized spacial score (nSPS) is 15.8. The van der Waals surface area contributed by atoms with Crippen LogP contribution in [0.15, 0.2) is 41.4 Å². The van der Waals surface area contributed by atoms with Gasteiger partial charge in [-0.1, -0.05) is 35.3 Å². The lowest BCUT2D eigenvalue weighted by Crippen LogP contribution is -2.50. The second-order valence-electron chi connectivity index (χ2n) is 5.51. The molecule has 9 heteroatoms. The number of aromatic nitrogens is 1. The standard InChI is InChI=1S/C16H14Cl2N4O2S/c17-13-9-14(18)16(20-11-13)21-5-7-22(8-6-21)25(23,24)15-4-2-1-3-12(15)10-19/h1-4,9,11H,5-8H2/p+1.